The largest absolute Gasteiger partial charge is 0.370 e. The summed E-state index contributed by atoms with van der Waals surface area (Å²) in [5, 5.41) is 5.19. The molecule has 0 saturated heterocycles. The van der Waals surface area contributed by atoms with Gasteiger partial charge in [0.2, 0.25) is 0 Å². The maximum atomic E-state index is 12.7. The van der Waals surface area contributed by atoms with E-state index < -0.39 is 0 Å². The Kier molecular flexibility index (Phi) is 2.04. The normalized spacial score (nSPS) is 13.9. The molecule has 1 aromatic carbocycles. The van der Waals surface area contributed by atoms with Crippen LogP contribution in [-0.2, 0) is 13.1 Å². The SMILES string of the molecule is CCn1c2ccccc2c2c(=O)n3c(cc21)NCC3. The zero-order valence-electron chi connectivity index (χ0n) is 10.8. The lowest BCUT2D eigenvalue weighted by atomic mass is 10.2. The van der Waals surface area contributed by atoms with Crippen molar-refractivity contribution in [3.05, 3.63) is 40.7 Å². The number of nitrogens with one attached hydrogen (secondary N) is 1. The van der Waals surface area contributed by atoms with Gasteiger partial charge >= 0.3 is 0 Å². The summed E-state index contributed by atoms with van der Waals surface area (Å²) in [6.45, 7) is 4.58. The van der Waals surface area contributed by atoms with E-state index in [1.54, 1.807) is 0 Å². The minimum atomic E-state index is 0.126. The molecule has 0 atom stereocenters. The molecule has 0 bridgehead atoms. The summed E-state index contributed by atoms with van der Waals surface area (Å²) < 4.78 is 4.06. The van der Waals surface area contributed by atoms with Crippen molar-refractivity contribution in [2.24, 2.45) is 0 Å². The second kappa shape index (κ2) is 3.63. The van der Waals surface area contributed by atoms with Crippen LogP contribution in [0, 0.1) is 0 Å². The van der Waals surface area contributed by atoms with E-state index in [1.165, 1.54) is 0 Å². The van der Waals surface area contributed by atoms with Gasteiger partial charge in [-0.1, -0.05) is 18.2 Å². The molecule has 4 rings (SSSR count). The molecule has 1 aliphatic rings. The van der Waals surface area contributed by atoms with Gasteiger partial charge < -0.3 is 9.88 Å². The lowest BCUT2D eigenvalue weighted by Gasteiger charge is -2.05. The average molecular weight is 253 g/mol. The Bertz CT molecular complexity index is 857. The third kappa shape index (κ3) is 1.26. The van der Waals surface area contributed by atoms with Crippen LogP contribution in [0.4, 0.5) is 5.82 Å². The maximum Gasteiger partial charge on any atom is 0.262 e. The van der Waals surface area contributed by atoms with E-state index in [0.717, 1.165) is 47.3 Å². The Morgan fingerprint density at radius 2 is 2.11 bits per heavy atom. The summed E-state index contributed by atoms with van der Waals surface area (Å²) in [6.07, 6.45) is 0. The molecule has 0 radical (unpaired) electrons. The van der Waals surface area contributed by atoms with Gasteiger partial charge in [0.1, 0.15) is 5.82 Å². The predicted molar refractivity (Wildman–Crippen MR) is 77.9 cm³/mol. The molecule has 1 aliphatic heterocycles. The Morgan fingerprint density at radius 1 is 1.26 bits per heavy atom. The molecule has 0 spiro atoms. The highest BCUT2D eigenvalue weighted by atomic mass is 16.1. The van der Waals surface area contributed by atoms with Crippen LogP contribution in [0.1, 0.15) is 6.92 Å². The molecule has 4 heteroatoms. The lowest BCUT2D eigenvalue weighted by molar-refractivity contribution is 0.777. The van der Waals surface area contributed by atoms with Crippen molar-refractivity contribution < 1.29 is 0 Å². The molecule has 19 heavy (non-hydrogen) atoms. The Hall–Kier alpha value is -2.23. The monoisotopic (exact) mass is 253 g/mol. The van der Waals surface area contributed by atoms with Crippen molar-refractivity contribution in [3.63, 3.8) is 0 Å². The first-order valence-electron chi connectivity index (χ1n) is 6.70. The highest BCUT2D eigenvalue weighted by Crippen LogP contribution is 2.29. The molecular formula is C15H15N3O. The number of hydrogen-bond donors (Lipinski definition) is 1. The van der Waals surface area contributed by atoms with Gasteiger partial charge in [-0.2, -0.15) is 0 Å². The number of benzene rings is 1. The molecular weight excluding hydrogens is 238 g/mol. The van der Waals surface area contributed by atoms with Crippen molar-refractivity contribution in [2.75, 3.05) is 11.9 Å². The number of rotatable bonds is 1. The number of pyridine rings is 1. The van der Waals surface area contributed by atoms with Gasteiger partial charge in [-0.3, -0.25) is 9.36 Å². The molecule has 3 aromatic rings. The quantitative estimate of drug-likeness (QED) is 0.723. The van der Waals surface area contributed by atoms with E-state index in [-0.39, 0.29) is 5.56 Å². The van der Waals surface area contributed by atoms with Gasteiger partial charge in [0, 0.05) is 36.6 Å². The second-order valence-electron chi connectivity index (χ2n) is 4.93. The summed E-state index contributed by atoms with van der Waals surface area (Å²) in [5.74, 6) is 0.940. The zero-order chi connectivity index (χ0) is 13.0. The zero-order valence-corrected chi connectivity index (χ0v) is 10.8. The Balaban J connectivity index is 2.30. The van der Waals surface area contributed by atoms with Gasteiger partial charge in [0.25, 0.3) is 5.56 Å². The third-order valence-electron chi connectivity index (χ3n) is 3.99. The number of aromatic nitrogens is 2. The summed E-state index contributed by atoms with van der Waals surface area (Å²) in [6, 6.07) is 10.3. The van der Waals surface area contributed by atoms with Crippen LogP contribution in [0.15, 0.2) is 35.1 Å². The van der Waals surface area contributed by atoms with Crippen LogP contribution in [0.25, 0.3) is 21.8 Å². The first-order chi connectivity index (χ1) is 9.31. The molecule has 0 unspecified atom stereocenters. The predicted octanol–water partition coefficient (Wildman–Crippen LogP) is 2.40. The van der Waals surface area contributed by atoms with E-state index in [0.29, 0.717) is 0 Å². The smallest absolute Gasteiger partial charge is 0.262 e. The van der Waals surface area contributed by atoms with Crippen LogP contribution in [0.5, 0.6) is 0 Å². The summed E-state index contributed by atoms with van der Waals surface area (Å²) >= 11 is 0. The summed E-state index contributed by atoms with van der Waals surface area (Å²) in [7, 11) is 0. The number of nitrogens with zero attached hydrogens (tertiary/aromatic N) is 2. The van der Waals surface area contributed by atoms with Gasteiger partial charge in [-0.15, -0.1) is 0 Å². The maximum absolute atomic E-state index is 12.7. The number of fused-ring (bicyclic) bond motifs is 4. The Labute approximate surface area is 110 Å². The molecule has 0 aliphatic carbocycles. The fraction of sp³-hybridized carbons (Fsp3) is 0.267. The molecule has 4 nitrogen and oxygen atoms in total. The third-order valence-corrected chi connectivity index (χ3v) is 3.99. The van der Waals surface area contributed by atoms with Gasteiger partial charge in [-0.05, 0) is 13.0 Å². The van der Waals surface area contributed by atoms with E-state index in [9.17, 15) is 4.79 Å². The van der Waals surface area contributed by atoms with Crippen molar-refractivity contribution in [2.45, 2.75) is 20.0 Å². The molecule has 96 valence electrons. The number of hydrogen-bond acceptors (Lipinski definition) is 2. The standard InChI is InChI=1S/C15H15N3O/c1-2-17-11-6-4-3-5-10(11)14-12(17)9-13-16-7-8-18(13)15(14)19/h3-6,9,16H,2,7-8H2,1H3. The van der Waals surface area contributed by atoms with Crippen LogP contribution < -0.4 is 10.9 Å². The molecule has 1 N–H and O–H groups in total. The molecule has 0 amide bonds. The highest BCUT2D eigenvalue weighted by molar-refractivity contribution is 6.08. The van der Waals surface area contributed by atoms with Crippen LogP contribution in [0.3, 0.4) is 0 Å². The molecule has 2 aromatic heterocycles. The van der Waals surface area contributed by atoms with E-state index in [2.05, 4.69) is 28.9 Å². The van der Waals surface area contributed by atoms with Gasteiger partial charge in [0.05, 0.1) is 10.9 Å². The van der Waals surface area contributed by atoms with Crippen molar-refractivity contribution >= 4 is 27.6 Å². The number of aryl methyl sites for hydroxylation is 1. The first-order valence-corrected chi connectivity index (χ1v) is 6.70. The van der Waals surface area contributed by atoms with Crippen LogP contribution >= 0.6 is 0 Å². The number of para-hydroxylation sites is 1. The van der Waals surface area contributed by atoms with Gasteiger partial charge in [-0.25, -0.2) is 0 Å². The first kappa shape index (κ1) is 10.7. The van der Waals surface area contributed by atoms with Crippen LogP contribution in [-0.4, -0.2) is 15.7 Å². The fourth-order valence-electron chi connectivity index (χ4n) is 3.15. The second-order valence-corrected chi connectivity index (χ2v) is 4.93. The minimum absolute atomic E-state index is 0.126. The van der Waals surface area contributed by atoms with E-state index >= 15 is 0 Å². The topological polar surface area (TPSA) is 39.0 Å². The summed E-state index contributed by atoms with van der Waals surface area (Å²) in [4.78, 5) is 12.7. The fourth-order valence-corrected chi connectivity index (χ4v) is 3.15. The highest BCUT2D eigenvalue weighted by Gasteiger charge is 2.19. The van der Waals surface area contributed by atoms with Gasteiger partial charge in [0.15, 0.2) is 0 Å². The molecule has 0 saturated carbocycles. The van der Waals surface area contributed by atoms with Crippen LogP contribution in [0.2, 0.25) is 0 Å². The van der Waals surface area contributed by atoms with Crippen molar-refractivity contribution in [1.29, 1.82) is 0 Å². The summed E-state index contributed by atoms with van der Waals surface area (Å²) in [5.41, 5.74) is 2.30. The van der Waals surface area contributed by atoms with Crippen molar-refractivity contribution in [1.82, 2.24) is 9.13 Å². The molecule has 3 heterocycles. The lowest BCUT2D eigenvalue weighted by Crippen LogP contribution is -2.17. The Morgan fingerprint density at radius 3 is 2.95 bits per heavy atom. The number of anilines is 1. The van der Waals surface area contributed by atoms with Crippen molar-refractivity contribution in [3.8, 4) is 0 Å². The molecule has 0 fully saturated rings. The van der Waals surface area contributed by atoms with E-state index in [1.807, 2.05) is 22.8 Å². The minimum Gasteiger partial charge on any atom is -0.370 e. The average Bonchev–Trinajstić information content (AvgIpc) is 3.01. The van der Waals surface area contributed by atoms with E-state index in [4.69, 9.17) is 0 Å².